The summed E-state index contributed by atoms with van der Waals surface area (Å²) >= 11 is 0. The van der Waals surface area contributed by atoms with Gasteiger partial charge in [0.05, 0.1) is 7.11 Å². The molecule has 3 aromatic rings. The van der Waals surface area contributed by atoms with E-state index >= 15 is 0 Å². The van der Waals surface area contributed by atoms with Crippen LogP contribution in [0.5, 0.6) is 5.75 Å². The van der Waals surface area contributed by atoms with Crippen molar-refractivity contribution in [3.05, 3.63) is 82.7 Å². The molecule has 2 N–H and O–H groups in total. The van der Waals surface area contributed by atoms with E-state index in [1.54, 1.807) is 13.2 Å². The number of nitrogens with zero attached hydrogens (tertiary/aromatic N) is 2. The minimum absolute atomic E-state index is 0.236. The number of methoxy groups -OCH3 is 1. The Labute approximate surface area is 165 Å². The third kappa shape index (κ3) is 5.30. The van der Waals surface area contributed by atoms with Gasteiger partial charge in [-0.3, -0.25) is 4.79 Å². The van der Waals surface area contributed by atoms with Crippen molar-refractivity contribution in [2.45, 2.75) is 26.9 Å². The van der Waals surface area contributed by atoms with E-state index in [0.717, 1.165) is 22.6 Å². The lowest BCUT2D eigenvalue weighted by Crippen LogP contribution is -2.24. The summed E-state index contributed by atoms with van der Waals surface area (Å²) in [6.07, 6.45) is 0. The average molecular weight is 376 g/mol. The molecule has 0 spiro atoms. The summed E-state index contributed by atoms with van der Waals surface area (Å²) in [6.45, 7) is 4.91. The summed E-state index contributed by atoms with van der Waals surface area (Å²) < 4.78 is 5.14. The number of benzene rings is 2. The van der Waals surface area contributed by atoms with Gasteiger partial charge >= 0.3 is 0 Å². The summed E-state index contributed by atoms with van der Waals surface area (Å²) in [5.74, 6) is 0.987. The molecule has 0 bridgehead atoms. The first-order valence-corrected chi connectivity index (χ1v) is 9.10. The topological polar surface area (TPSA) is 76.1 Å². The van der Waals surface area contributed by atoms with Crippen LogP contribution in [0.4, 0.5) is 5.95 Å². The highest BCUT2D eigenvalue weighted by molar-refractivity contribution is 5.92. The second-order valence-electron chi connectivity index (χ2n) is 6.59. The van der Waals surface area contributed by atoms with Gasteiger partial charge in [0.1, 0.15) is 11.4 Å². The van der Waals surface area contributed by atoms with Crippen LogP contribution in [0.3, 0.4) is 0 Å². The summed E-state index contributed by atoms with van der Waals surface area (Å²) in [7, 11) is 1.62. The zero-order valence-corrected chi connectivity index (χ0v) is 16.3. The number of carbonyl (C=O) groups excluding carboxylic acids is 1. The average Bonchev–Trinajstić information content (AvgIpc) is 2.71. The molecule has 6 heteroatoms. The van der Waals surface area contributed by atoms with E-state index in [4.69, 9.17) is 4.74 Å². The quantitative estimate of drug-likeness (QED) is 0.658. The van der Waals surface area contributed by atoms with Crippen LogP contribution in [-0.2, 0) is 13.1 Å². The Balaban J connectivity index is 1.62. The maximum Gasteiger partial charge on any atom is 0.270 e. The monoisotopic (exact) mass is 376 g/mol. The first kappa shape index (κ1) is 19.4. The van der Waals surface area contributed by atoms with Crippen molar-refractivity contribution < 1.29 is 9.53 Å². The molecule has 1 aromatic heterocycles. The third-order valence-corrected chi connectivity index (χ3v) is 4.27. The lowest BCUT2D eigenvalue weighted by molar-refractivity contribution is 0.0945. The Bertz CT molecular complexity index is 938. The second kappa shape index (κ2) is 8.99. The molecule has 28 heavy (non-hydrogen) atoms. The fourth-order valence-electron chi connectivity index (χ4n) is 2.67. The van der Waals surface area contributed by atoms with E-state index in [9.17, 15) is 4.79 Å². The van der Waals surface area contributed by atoms with Gasteiger partial charge in [0.15, 0.2) is 0 Å². The lowest BCUT2D eigenvalue weighted by atomic mass is 10.1. The largest absolute Gasteiger partial charge is 0.497 e. The highest BCUT2D eigenvalue weighted by Crippen LogP contribution is 2.12. The fourth-order valence-corrected chi connectivity index (χ4v) is 2.67. The number of aromatic nitrogens is 2. The van der Waals surface area contributed by atoms with Gasteiger partial charge in [-0.05, 0) is 43.2 Å². The van der Waals surface area contributed by atoms with Crippen molar-refractivity contribution in [2.75, 3.05) is 12.4 Å². The summed E-state index contributed by atoms with van der Waals surface area (Å²) in [5.41, 5.74) is 4.40. The molecule has 3 rings (SSSR count). The van der Waals surface area contributed by atoms with Gasteiger partial charge in [0.2, 0.25) is 5.95 Å². The smallest absolute Gasteiger partial charge is 0.270 e. The van der Waals surface area contributed by atoms with Crippen molar-refractivity contribution in [2.24, 2.45) is 0 Å². The normalized spacial score (nSPS) is 10.4. The highest BCUT2D eigenvalue weighted by atomic mass is 16.5. The van der Waals surface area contributed by atoms with Crippen molar-refractivity contribution >= 4 is 11.9 Å². The number of rotatable bonds is 7. The van der Waals surface area contributed by atoms with Gasteiger partial charge in [-0.25, -0.2) is 9.97 Å². The Morgan fingerprint density at radius 1 is 0.929 bits per heavy atom. The molecular formula is C22H24N4O2. The Morgan fingerprint density at radius 2 is 1.57 bits per heavy atom. The number of anilines is 1. The number of carbonyl (C=O) groups is 1. The van der Waals surface area contributed by atoms with Crippen molar-refractivity contribution in [1.82, 2.24) is 15.3 Å². The molecule has 1 heterocycles. The minimum Gasteiger partial charge on any atom is -0.497 e. The number of hydrogen-bond acceptors (Lipinski definition) is 5. The van der Waals surface area contributed by atoms with Gasteiger partial charge in [0, 0.05) is 18.8 Å². The third-order valence-electron chi connectivity index (χ3n) is 4.27. The number of nitrogens with one attached hydrogen (secondary N) is 2. The first-order valence-electron chi connectivity index (χ1n) is 9.10. The molecule has 0 aliphatic heterocycles. The van der Waals surface area contributed by atoms with E-state index in [0.29, 0.717) is 24.7 Å². The van der Waals surface area contributed by atoms with Crippen LogP contribution in [0.1, 0.15) is 32.9 Å². The van der Waals surface area contributed by atoms with Gasteiger partial charge in [-0.2, -0.15) is 0 Å². The number of ether oxygens (including phenoxy) is 1. The maximum atomic E-state index is 12.5. The molecule has 0 aliphatic carbocycles. The molecule has 0 saturated heterocycles. The molecule has 0 saturated carbocycles. The van der Waals surface area contributed by atoms with Crippen LogP contribution < -0.4 is 15.4 Å². The van der Waals surface area contributed by atoms with Gasteiger partial charge < -0.3 is 15.4 Å². The van der Waals surface area contributed by atoms with Crippen molar-refractivity contribution in [3.63, 3.8) is 0 Å². The number of hydrogen-bond donors (Lipinski definition) is 2. The summed E-state index contributed by atoms with van der Waals surface area (Å²) in [4.78, 5) is 21.2. The van der Waals surface area contributed by atoms with E-state index < -0.39 is 0 Å². The lowest BCUT2D eigenvalue weighted by Gasteiger charge is -2.09. The molecule has 2 aromatic carbocycles. The molecule has 1 amide bonds. The van der Waals surface area contributed by atoms with Gasteiger partial charge in [0.25, 0.3) is 5.91 Å². The SMILES string of the molecule is COc1ccc(CNC(=O)c2cc(C)nc(NCc3ccc(C)cc3)n2)cc1. The summed E-state index contributed by atoms with van der Waals surface area (Å²) in [6, 6.07) is 17.5. The van der Waals surface area contributed by atoms with Crippen molar-refractivity contribution in [3.8, 4) is 5.75 Å². The van der Waals surface area contributed by atoms with Crippen LogP contribution >= 0.6 is 0 Å². The van der Waals surface area contributed by atoms with Crippen LogP contribution in [-0.4, -0.2) is 23.0 Å². The zero-order valence-electron chi connectivity index (χ0n) is 16.3. The van der Waals surface area contributed by atoms with E-state index in [1.807, 2.05) is 31.2 Å². The molecule has 0 atom stereocenters. The molecule has 0 aliphatic rings. The van der Waals surface area contributed by atoms with E-state index in [2.05, 4.69) is 51.8 Å². The first-order chi connectivity index (χ1) is 13.5. The second-order valence-corrected chi connectivity index (χ2v) is 6.59. The Hall–Kier alpha value is -3.41. The molecule has 144 valence electrons. The predicted octanol–water partition coefficient (Wildman–Crippen LogP) is 3.64. The van der Waals surface area contributed by atoms with Crippen LogP contribution in [0, 0.1) is 13.8 Å². The van der Waals surface area contributed by atoms with E-state index in [1.165, 1.54) is 5.56 Å². The molecular weight excluding hydrogens is 352 g/mol. The van der Waals surface area contributed by atoms with Crippen LogP contribution in [0.2, 0.25) is 0 Å². The summed E-state index contributed by atoms with van der Waals surface area (Å²) in [5, 5.41) is 6.08. The van der Waals surface area contributed by atoms with Crippen LogP contribution in [0.25, 0.3) is 0 Å². The highest BCUT2D eigenvalue weighted by Gasteiger charge is 2.10. The Kier molecular flexibility index (Phi) is 6.22. The standard InChI is InChI=1S/C22H24N4O2/c1-15-4-6-17(7-5-15)14-24-22-25-16(2)12-20(26-22)21(27)23-13-18-8-10-19(28-3)11-9-18/h4-12H,13-14H2,1-3H3,(H,23,27)(H,24,25,26). The molecule has 6 nitrogen and oxygen atoms in total. The van der Waals surface area contributed by atoms with Gasteiger partial charge in [-0.15, -0.1) is 0 Å². The molecule has 0 radical (unpaired) electrons. The maximum absolute atomic E-state index is 12.5. The molecule has 0 unspecified atom stereocenters. The van der Waals surface area contributed by atoms with Crippen molar-refractivity contribution in [1.29, 1.82) is 0 Å². The van der Waals surface area contributed by atoms with Crippen LogP contribution in [0.15, 0.2) is 54.6 Å². The van der Waals surface area contributed by atoms with E-state index in [-0.39, 0.29) is 5.91 Å². The predicted molar refractivity (Wildman–Crippen MR) is 109 cm³/mol. The minimum atomic E-state index is -0.236. The number of aryl methyl sites for hydroxylation is 2. The zero-order chi connectivity index (χ0) is 19.9. The Morgan fingerprint density at radius 3 is 2.25 bits per heavy atom. The molecule has 0 fully saturated rings. The number of amides is 1. The fraction of sp³-hybridized carbons (Fsp3) is 0.227. The van der Waals surface area contributed by atoms with Gasteiger partial charge in [-0.1, -0.05) is 42.0 Å².